The lowest BCUT2D eigenvalue weighted by Gasteiger charge is -2.27. The molecule has 2 nitrogen and oxygen atoms in total. The summed E-state index contributed by atoms with van der Waals surface area (Å²) in [7, 11) is 0. The largest absolute Gasteiger partial charge is 0.294 e. The van der Waals surface area contributed by atoms with Gasteiger partial charge in [0.2, 0.25) is 0 Å². The van der Waals surface area contributed by atoms with Gasteiger partial charge in [0.25, 0.3) is 0 Å². The molecule has 0 saturated carbocycles. The van der Waals surface area contributed by atoms with Gasteiger partial charge in [-0.3, -0.25) is 4.90 Å². The molecule has 0 atom stereocenters. The van der Waals surface area contributed by atoms with Gasteiger partial charge in [0.1, 0.15) is 4.83 Å². The van der Waals surface area contributed by atoms with Crippen molar-refractivity contribution in [2.75, 3.05) is 6.54 Å². The molecule has 1 aliphatic heterocycles. The van der Waals surface area contributed by atoms with Crippen molar-refractivity contribution in [2.45, 2.75) is 25.4 Å². The molecule has 0 saturated heterocycles. The third kappa shape index (κ3) is 3.74. The van der Waals surface area contributed by atoms with Crippen molar-refractivity contribution >= 4 is 56.4 Å². The molecule has 2 aromatic carbocycles. The minimum Gasteiger partial charge on any atom is -0.294 e. The molecule has 3 heterocycles. The van der Waals surface area contributed by atoms with Gasteiger partial charge in [-0.2, -0.15) is 0 Å². The van der Waals surface area contributed by atoms with E-state index in [0.29, 0.717) is 10.0 Å². The highest BCUT2D eigenvalue weighted by Gasteiger charge is 2.26. The van der Waals surface area contributed by atoms with Crippen LogP contribution >= 0.6 is 46.1 Å². The first-order chi connectivity index (χ1) is 14.6. The van der Waals surface area contributed by atoms with Crippen LogP contribution in [0.4, 0.5) is 0 Å². The molecule has 0 radical (unpaired) electrons. The van der Waals surface area contributed by atoms with E-state index in [2.05, 4.69) is 35.2 Å². The Labute approximate surface area is 195 Å². The van der Waals surface area contributed by atoms with E-state index in [9.17, 15) is 0 Å². The Kier molecular flexibility index (Phi) is 5.74. The molecule has 4 aromatic rings. The van der Waals surface area contributed by atoms with Crippen LogP contribution in [0.1, 0.15) is 21.7 Å². The highest BCUT2D eigenvalue weighted by atomic mass is 35.5. The summed E-state index contributed by atoms with van der Waals surface area (Å²) >= 11 is 20.9. The average molecular weight is 474 g/mol. The zero-order chi connectivity index (χ0) is 20.7. The Morgan fingerprint density at radius 2 is 1.77 bits per heavy atom. The molecule has 1 aliphatic rings. The molecule has 5 rings (SSSR count). The summed E-state index contributed by atoms with van der Waals surface area (Å²) in [5, 5.41) is 2.53. The SMILES string of the molecule is ClCc1nc2sc3c(c2c(-c2ccc(Cl)cc2)c1Cl)CCN(Cc1ccccc1)C3. The standard InChI is InChI=1S/C24H19Cl3N2S/c25-12-19-23(27)21(16-6-8-17(26)9-7-16)22-18-10-11-29(13-15-4-2-1-3-5-15)14-20(18)30-24(22)28-19/h1-9H,10-14H2. The van der Waals surface area contributed by atoms with Crippen LogP contribution < -0.4 is 0 Å². The van der Waals surface area contributed by atoms with E-state index >= 15 is 0 Å². The number of halogens is 3. The van der Waals surface area contributed by atoms with Gasteiger partial charge in [-0.1, -0.05) is 65.7 Å². The molecule has 0 bridgehead atoms. The molecule has 0 unspecified atom stereocenters. The monoisotopic (exact) mass is 472 g/mol. The van der Waals surface area contributed by atoms with E-state index in [1.807, 2.05) is 24.3 Å². The van der Waals surface area contributed by atoms with Crippen LogP contribution in [0.2, 0.25) is 10.0 Å². The van der Waals surface area contributed by atoms with E-state index in [0.717, 1.165) is 47.7 Å². The van der Waals surface area contributed by atoms with Crippen molar-refractivity contribution in [3.8, 4) is 11.1 Å². The number of pyridine rings is 1. The first kappa shape index (κ1) is 20.3. The number of hydrogen-bond donors (Lipinski definition) is 0. The predicted molar refractivity (Wildman–Crippen MR) is 129 cm³/mol. The number of hydrogen-bond acceptors (Lipinski definition) is 3. The Morgan fingerprint density at radius 3 is 2.50 bits per heavy atom. The summed E-state index contributed by atoms with van der Waals surface area (Å²) in [4.78, 5) is 9.71. The first-order valence-electron chi connectivity index (χ1n) is 9.85. The minimum absolute atomic E-state index is 0.290. The zero-order valence-corrected chi connectivity index (χ0v) is 19.3. The van der Waals surface area contributed by atoms with Gasteiger partial charge >= 0.3 is 0 Å². The number of benzene rings is 2. The lowest BCUT2D eigenvalue weighted by Crippen LogP contribution is -2.29. The third-order valence-electron chi connectivity index (χ3n) is 5.59. The van der Waals surface area contributed by atoms with Gasteiger partial charge in [-0.15, -0.1) is 22.9 Å². The van der Waals surface area contributed by atoms with Crippen LogP contribution in [0, 0.1) is 0 Å². The molecule has 0 aliphatic carbocycles. The Balaban J connectivity index is 1.60. The Morgan fingerprint density at radius 1 is 1.00 bits per heavy atom. The normalized spacial score (nSPS) is 14.2. The van der Waals surface area contributed by atoms with Gasteiger partial charge in [-0.25, -0.2) is 4.98 Å². The summed E-state index contributed by atoms with van der Waals surface area (Å²) in [5.74, 6) is 0.290. The Hall–Kier alpha value is -1.62. The topological polar surface area (TPSA) is 16.1 Å². The van der Waals surface area contributed by atoms with Gasteiger partial charge in [0.05, 0.1) is 16.6 Å². The van der Waals surface area contributed by atoms with E-state index in [1.54, 1.807) is 11.3 Å². The summed E-state index contributed by atoms with van der Waals surface area (Å²) in [6, 6.07) is 18.5. The van der Waals surface area contributed by atoms with Crippen molar-refractivity contribution in [1.29, 1.82) is 0 Å². The highest BCUT2D eigenvalue weighted by molar-refractivity contribution is 7.19. The Bertz CT molecular complexity index is 1200. The summed E-state index contributed by atoms with van der Waals surface area (Å²) in [5.41, 5.74) is 5.53. The molecular formula is C24H19Cl3N2S. The van der Waals surface area contributed by atoms with Crippen molar-refractivity contribution in [2.24, 2.45) is 0 Å². The molecular weight excluding hydrogens is 455 g/mol. The minimum atomic E-state index is 0.290. The van der Waals surface area contributed by atoms with Gasteiger partial charge < -0.3 is 0 Å². The van der Waals surface area contributed by atoms with E-state index in [4.69, 9.17) is 39.8 Å². The maximum atomic E-state index is 6.81. The lowest BCUT2D eigenvalue weighted by molar-refractivity contribution is 0.249. The summed E-state index contributed by atoms with van der Waals surface area (Å²) in [6.45, 7) is 2.90. The van der Waals surface area contributed by atoms with Crippen LogP contribution in [0.15, 0.2) is 54.6 Å². The summed E-state index contributed by atoms with van der Waals surface area (Å²) < 4.78 is 0. The second-order valence-corrected chi connectivity index (χ2v) is 9.68. The van der Waals surface area contributed by atoms with E-state index < -0.39 is 0 Å². The number of alkyl halides is 1. The molecule has 0 spiro atoms. The highest BCUT2D eigenvalue weighted by Crippen LogP contribution is 2.44. The molecule has 0 amide bonds. The fraction of sp³-hybridized carbons (Fsp3) is 0.208. The number of fused-ring (bicyclic) bond motifs is 3. The van der Waals surface area contributed by atoms with Gasteiger partial charge in [0, 0.05) is 40.5 Å². The molecule has 2 aromatic heterocycles. The number of rotatable bonds is 4. The maximum Gasteiger partial charge on any atom is 0.124 e. The number of thiophene rings is 1. The zero-order valence-electron chi connectivity index (χ0n) is 16.2. The van der Waals surface area contributed by atoms with Gasteiger partial charge in [0.15, 0.2) is 0 Å². The molecule has 0 N–H and O–H groups in total. The van der Waals surface area contributed by atoms with Crippen molar-refractivity contribution in [1.82, 2.24) is 9.88 Å². The van der Waals surface area contributed by atoms with Crippen LogP contribution in [0.5, 0.6) is 0 Å². The quantitative estimate of drug-likeness (QED) is 0.284. The van der Waals surface area contributed by atoms with Crippen LogP contribution in [-0.4, -0.2) is 16.4 Å². The second-order valence-electron chi connectivity index (χ2n) is 7.52. The van der Waals surface area contributed by atoms with E-state index in [-0.39, 0.29) is 5.88 Å². The van der Waals surface area contributed by atoms with Crippen LogP contribution in [0.3, 0.4) is 0 Å². The fourth-order valence-corrected chi connectivity index (χ4v) is 6.15. The van der Waals surface area contributed by atoms with Crippen molar-refractivity contribution in [3.05, 3.63) is 86.3 Å². The average Bonchev–Trinajstić information content (AvgIpc) is 3.12. The number of aromatic nitrogens is 1. The predicted octanol–water partition coefficient (Wildman–Crippen LogP) is 7.57. The van der Waals surface area contributed by atoms with Crippen LogP contribution in [-0.2, 0) is 25.4 Å². The summed E-state index contributed by atoms with van der Waals surface area (Å²) in [6.07, 6.45) is 0.987. The second kappa shape index (κ2) is 8.49. The smallest absolute Gasteiger partial charge is 0.124 e. The van der Waals surface area contributed by atoms with Crippen LogP contribution in [0.25, 0.3) is 21.3 Å². The van der Waals surface area contributed by atoms with Gasteiger partial charge in [-0.05, 0) is 35.2 Å². The molecule has 152 valence electrons. The molecule has 30 heavy (non-hydrogen) atoms. The first-order valence-corrected chi connectivity index (χ1v) is 12.0. The third-order valence-corrected chi connectivity index (χ3v) is 7.61. The molecule has 0 fully saturated rings. The number of nitrogens with zero attached hydrogens (tertiary/aromatic N) is 2. The fourth-order valence-electron chi connectivity index (χ4n) is 4.16. The lowest BCUT2D eigenvalue weighted by atomic mass is 9.96. The maximum absolute atomic E-state index is 6.81. The van der Waals surface area contributed by atoms with Crippen molar-refractivity contribution < 1.29 is 0 Å². The van der Waals surface area contributed by atoms with Crippen molar-refractivity contribution in [3.63, 3.8) is 0 Å². The molecule has 6 heteroatoms. The van der Waals surface area contributed by atoms with E-state index in [1.165, 1.54) is 21.4 Å².